The van der Waals surface area contributed by atoms with Gasteiger partial charge < -0.3 is 19.3 Å². The van der Waals surface area contributed by atoms with Gasteiger partial charge in [-0.2, -0.15) is 0 Å². The molecule has 3 rings (SSSR count). The Bertz CT molecular complexity index is 907. The Morgan fingerprint density at radius 1 is 0.964 bits per heavy atom. The molecule has 0 aromatic heterocycles. The maximum Gasteiger partial charge on any atom is 0.308 e. The summed E-state index contributed by atoms with van der Waals surface area (Å²) in [5, 5.41) is 12.1. The van der Waals surface area contributed by atoms with Crippen LogP contribution < -0.4 is 0 Å². The van der Waals surface area contributed by atoms with E-state index < -0.39 is 5.97 Å². The van der Waals surface area contributed by atoms with Gasteiger partial charge in [0.1, 0.15) is 12.4 Å². The highest BCUT2D eigenvalue weighted by molar-refractivity contribution is 5.84. The molecule has 3 aromatic rings. The molecule has 0 aliphatic heterocycles. The molecule has 1 unspecified atom stereocenters. The van der Waals surface area contributed by atoms with Crippen LogP contribution in [0, 0.1) is 0 Å². The van der Waals surface area contributed by atoms with Crippen molar-refractivity contribution in [2.24, 2.45) is 0 Å². The number of hydrogen-bond donors (Lipinski definition) is 1. The predicted octanol–water partition coefficient (Wildman–Crippen LogP) is 4.21. The Balaban J connectivity index is 1.48. The smallest absolute Gasteiger partial charge is 0.308 e. The second kappa shape index (κ2) is 9.88. The van der Waals surface area contributed by atoms with Gasteiger partial charge in [0.25, 0.3) is 0 Å². The quantitative estimate of drug-likeness (QED) is 0.563. The first kappa shape index (κ1) is 19.9. The van der Waals surface area contributed by atoms with Crippen LogP contribution in [0.4, 0.5) is 0 Å². The van der Waals surface area contributed by atoms with Crippen molar-refractivity contribution < 1.29 is 24.1 Å². The molecule has 0 heterocycles. The summed E-state index contributed by atoms with van der Waals surface area (Å²) < 4.78 is 16.3. The van der Waals surface area contributed by atoms with Crippen molar-refractivity contribution in [2.75, 3.05) is 13.7 Å². The largest absolute Gasteiger partial charge is 0.508 e. The number of benzene rings is 3. The molecule has 3 aromatic carbocycles. The van der Waals surface area contributed by atoms with Gasteiger partial charge in [-0.25, -0.2) is 0 Å². The minimum Gasteiger partial charge on any atom is -0.508 e. The predicted molar refractivity (Wildman–Crippen MR) is 107 cm³/mol. The summed E-state index contributed by atoms with van der Waals surface area (Å²) in [4.78, 5) is 12.2. The van der Waals surface area contributed by atoms with Crippen LogP contribution in [-0.2, 0) is 32.2 Å². The molecule has 5 nitrogen and oxygen atoms in total. The van der Waals surface area contributed by atoms with Gasteiger partial charge in [-0.05, 0) is 28.5 Å². The van der Waals surface area contributed by atoms with Crippen molar-refractivity contribution in [3.05, 3.63) is 77.9 Å². The average molecular weight is 380 g/mol. The maximum absolute atomic E-state index is 12.2. The van der Waals surface area contributed by atoms with E-state index in [4.69, 9.17) is 14.2 Å². The maximum atomic E-state index is 12.2. The van der Waals surface area contributed by atoms with Crippen LogP contribution in [0.3, 0.4) is 0 Å². The van der Waals surface area contributed by atoms with E-state index in [1.165, 1.54) is 0 Å². The van der Waals surface area contributed by atoms with Gasteiger partial charge in [0, 0.05) is 12.7 Å². The Kier molecular flexibility index (Phi) is 7.00. The van der Waals surface area contributed by atoms with E-state index >= 15 is 0 Å². The van der Waals surface area contributed by atoms with Gasteiger partial charge in [-0.1, -0.05) is 54.6 Å². The minimum absolute atomic E-state index is 0.0107. The number of hydrogen-bond acceptors (Lipinski definition) is 5. The molecule has 146 valence electrons. The third-order valence-corrected chi connectivity index (χ3v) is 4.48. The van der Waals surface area contributed by atoms with Gasteiger partial charge in [0.2, 0.25) is 0 Å². The lowest BCUT2D eigenvalue weighted by Gasteiger charge is -2.15. The first-order chi connectivity index (χ1) is 13.7. The van der Waals surface area contributed by atoms with Gasteiger partial charge in [-0.3, -0.25) is 4.79 Å². The van der Waals surface area contributed by atoms with Gasteiger partial charge >= 0.3 is 5.97 Å². The van der Waals surface area contributed by atoms with E-state index in [-0.39, 0.29) is 24.9 Å². The number of aromatic hydroxyl groups is 1. The molecule has 0 saturated carbocycles. The van der Waals surface area contributed by atoms with Crippen molar-refractivity contribution in [3.8, 4) is 5.75 Å². The van der Waals surface area contributed by atoms with Gasteiger partial charge in [-0.15, -0.1) is 0 Å². The first-order valence-corrected chi connectivity index (χ1v) is 9.16. The Morgan fingerprint density at radius 2 is 1.64 bits per heavy atom. The number of ether oxygens (including phenoxy) is 3. The van der Waals surface area contributed by atoms with Crippen molar-refractivity contribution in [3.63, 3.8) is 0 Å². The number of esters is 1. The molecule has 0 radical (unpaired) electrons. The fraction of sp³-hybridized carbons (Fsp3) is 0.261. The molecular weight excluding hydrogens is 356 g/mol. The highest BCUT2D eigenvalue weighted by Crippen LogP contribution is 2.25. The second-order valence-electron chi connectivity index (χ2n) is 6.55. The van der Waals surface area contributed by atoms with Crippen LogP contribution in [0.5, 0.6) is 5.75 Å². The molecule has 5 heteroatoms. The van der Waals surface area contributed by atoms with E-state index in [0.717, 1.165) is 16.3 Å². The molecule has 0 aliphatic carbocycles. The average Bonchev–Trinajstić information content (AvgIpc) is 2.72. The third-order valence-electron chi connectivity index (χ3n) is 4.48. The lowest BCUT2D eigenvalue weighted by Crippen LogP contribution is -2.23. The van der Waals surface area contributed by atoms with Gasteiger partial charge in [0.05, 0.1) is 25.7 Å². The molecule has 0 fully saturated rings. The van der Waals surface area contributed by atoms with Crippen molar-refractivity contribution in [2.45, 2.75) is 25.7 Å². The molecule has 0 aliphatic rings. The van der Waals surface area contributed by atoms with E-state index in [0.29, 0.717) is 18.8 Å². The Morgan fingerprint density at radius 3 is 2.36 bits per heavy atom. The van der Waals surface area contributed by atoms with Crippen LogP contribution in [0.1, 0.15) is 17.5 Å². The molecular formula is C23H24O5. The summed E-state index contributed by atoms with van der Waals surface area (Å²) in [6.07, 6.45) is -0.305. The number of phenolic OH excluding ortho intramolecular Hbond substituents is 1. The number of methoxy groups -OCH3 is 1. The zero-order valence-corrected chi connectivity index (χ0v) is 15.8. The molecule has 0 bridgehead atoms. The number of rotatable bonds is 9. The SMILES string of the molecule is COC(COCc1ccccc1)CC(=O)OCc1cc2ccccc2cc1O. The van der Waals surface area contributed by atoms with Crippen LogP contribution in [-0.4, -0.2) is 30.9 Å². The van der Waals surface area contributed by atoms with Crippen molar-refractivity contribution in [1.82, 2.24) is 0 Å². The fourth-order valence-electron chi connectivity index (χ4n) is 2.89. The van der Waals surface area contributed by atoms with Crippen molar-refractivity contribution in [1.29, 1.82) is 0 Å². The molecule has 1 atom stereocenters. The van der Waals surface area contributed by atoms with Gasteiger partial charge in [0.15, 0.2) is 0 Å². The number of fused-ring (bicyclic) bond motifs is 1. The lowest BCUT2D eigenvalue weighted by molar-refractivity contribution is -0.149. The summed E-state index contributed by atoms with van der Waals surface area (Å²) in [5.74, 6) is -0.288. The summed E-state index contributed by atoms with van der Waals surface area (Å²) >= 11 is 0. The zero-order valence-electron chi connectivity index (χ0n) is 15.8. The van der Waals surface area contributed by atoms with E-state index in [2.05, 4.69) is 0 Å². The molecule has 1 N–H and O–H groups in total. The van der Waals surface area contributed by atoms with E-state index in [1.807, 2.05) is 60.7 Å². The topological polar surface area (TPSA) is 65.0 Å². The third kappa shape index (κ3) is 5.55. The fourth-order valence-corrected chi connectivity index (χ4v) is 2.89. The number of carbonyl (C=O) groups is 1. The van der Waals surface area contributed by atoms with Crippen LogP contribution in [0.25, 0.3) is 10.8 Å². The number of carbonyl (C=O) groups excluding carboxylic acids is 1. The van der Waals surface area contributed by atoms with Crippen LogP contribution in [0.15, 0.2) is 66.7 Å². The monoisotopic (exact) mass is 380 g/mol. The second-order valence-corrected chi connectivity index (χ2v) is 6.55. The summed E-state index contributed by atoms with van der Waals surface area (Å²) in [7, 11) is 1.54. The lowest BCUT2D eigenvalue weighted by atomic mass is 10.1. The highest BCUT2D eigenvalue weighted by atomic mass is 16.5. The minimum atomic E-state index is -0.400. The molecule has 28 heavy (non-hydrogen) atoms. The standard InChI is InChI=1S/C23H24O5/c1-26-21(16-27-14-17-7-3-2-4-8-17)13-23(25)28-15-20-11-18-9-5-6-10-19(18)12-22(20)24/h2-12,21,24H,13-16H2,1H3. The summed E-state index contributed by atoms with van der Waals surface area (Å²) in [6, 6.07) is 21.0. The summed E-state index contributed by atoms with van der Waals surface area (Å²) in [5.41, 5.74) is 1.63. The number of phenols is 1. The Labute approximate surface area is 164 Å². The van der Waals surface area contributed by atoms with Crippen molar-refractivity contribution >= 4 is 16.7 Å². The normalized spacial score (nSPS) is 12.0. The van der Waals surface area contributed by atoms with Crippen LogP contribution in [0.2, 0.25) is 0 Å². The zero-order chi connectivity index (χ0) is 19.8. The molecule has 0 saturated heterocycles. The highest BCUT2D eigenvalue weighted by Gasteiger charge is 2.16. The van der Waals surface area contributed by atoms with E-state index in [1.54, 1.807) is 13.2 Å². The van der Waals surface area contributed by atoms with Crippen LogP contribution >= 0.6 is 0 Å². The first-order valence-electron chi connectivity index (χ1n) is 9.16. The molecule has 0 spiro atoms. The Hall–Kier alpha value is -2.89. The molecule has 0 amide bonds. The summed E-state index contributed by atoms with van der Waals surface area (Å²) in [6.45, 7) is 0.763. The van der Waals surface area contributed by atoms with E-state index in [9.17, 15) is 9.90 Å².